The third kappa shape index (κ3) is 9.71. The molecule has 1 rings (SSSR count). The minimum atomic E-state index is -5.08. The van der Waals surface area contributed by atoms with Crippen LogP contribution >= 0.6 is 0 Å². The molecule has 1 unspecified atom stereocenters. The van der Waals surface area contributed by atoms with E-state index < -0.39 is 29.8 Å². The first-order valence-corrected chi connectivity index (χ1v) is 6.87. The Balaban J connectivity index is 0.000000640. The molecule has 9 nitrogen and oxygen atoms in total. The van der Waals surface area contributed by atoms with E-state index in [2.05, 4.69) is 15.5 Å². The van der Waals surface area contributed by atoms with Crippen molar-refractivity contribution in [2.45, 2.75) is 50.5 Å². The maximum absolute atomic E-state index is 11.5. The lowest BCUT2D eigenvalue weighted by molar-refractivity contribution is -0.192. The number of carbonyl (C=O) groups is 3. The first-order chi connectivity index (χ1) is 10.9. The number of amides is 1. The Morgan fingerprint density at radius 2 is 1.71 bits per heavy atom. The number of carboxylic acid groups (broad SMARTS) is 2. The lowest BCUT2D eigenvalue weighted by Gasteiger charge is -2.14. The van der Waals surface area contributed by atoms with Gasteiger partial charge in [-0.3, -0.25) is 4.79 Å². The minimum Gasteiger partial charge on any atom is -0.480 e. The molecule has 0 fully saturated rings. The van der Waals surface area contributed by atoms with Gasteiger partial charge in [-0.1, -0.05) is 0 Å². The average Bonchev–Trinajstić information content (AvgIpc) is 3.14. The van der Waals surface area contributed by atoms with Crippen LogP contribution in [0.15, 0.2) is 10.2 Å². The van der Waals surface area contributed by atoms with E-state index in [1.54, 1.807) is 6.92 Å². The number of alkyl halides is 3. The second-order valence-electron chi connectivity index (χ2n) is 5.14. The molecule has 0 spiro atoms. The maximum Gasteiger partial charge on any atom is 0.490 e. The van der Waals surface area contributed by atoms with Gasteiger partial charge in [-0.15, -0.1) is 0 Å². The molecule has 24 heavy (non-hydrogen) atoms. The van der Waals surface area contributed by atoms with Crippen molar-refractivity contribution in [2.24, 2.45) is 16.0 Å². The van der Waals surface area contributed by atoms with Crippen LogP contribution in [0.3, 0.4) is 0 Å². The van der Waals surface area contributed by atoms with Crippen LogP contribution in [0.4, 0.5) is 13.2 Å². The van der Waals surface area contributed by atoms with Crippen molar-refractivity contribution >= 4 is 17.8 Å². The quantitative estimate of drug-likeness (QED) is 0.473. The van der Waals surface area contributed by atoms with Crippen molar-refractivity contribution in [3.8, 4) is 0 Å². The summed E-state index contributed by atoms with van der Waals surface area (Å²) < 4.78 is 31.7. The van der Waals surface area contributed by atoms with Crippen LogP contribution in [0.1, 0.15) is 32.6 Å². The van der Waals surface area contributed by atoms with Crippen LogP contribution in [0.2, 0.25) is 0 Å². The zero-order valence-electron chi connectivity index (χ0n) is 12.8. The molecule has 0 aromatic heterocycles. The molecule has 0 saturated carbocycles. The SMILES string of the molecule is CC1(CC(=O)NC(CCCCN)C(=O)O)N=N1.O=C(O)C(F)(F)F. The lowest BCUT2D eigenvalue weighted by Crippen LogP contribution is -2.42. The highest BCUT2D eigenvalue weighted by atomic mass is 19.4. The zero-order chi connectivity index (χ0) is 19.0. The molecule has 12 heteroatoms. The van der Waals surface area contributed by atoms with Gasteiger partial charge in [0.25, 0.3) is 0 Å². The standard InChI is InChI=1S/C10H18N4O3.C2HF3O2/c1-10(13-14-10)6-8(15)12-7(9(16)17)4-2-3-5-11;3-2(4,5)1(6)7/h7H,2-6,11H2,1H3,(H,12,15)(H,16,17);(H,6,7). The predicted octanol–water partition coefficient (Wildman–Crippen LogP) is 0.890. The molecule has 0 aromatic carbocycles. The maximum atomic E-state index is 11.5. The number of halogens is 3. The summed E-state index contributed by atoms with van der Waals surface area (Å²) in [4.78, 5) is 31.3. The number of nitrogens with zero attached hydrogens (tertiary/aromatic N) is 2. The molecule has 1 aliphatic heterocycles. The van der Waals surface area contributed by atoms with Crippen LogP contribution in [0.25, 0.3) is 0 Å². The van der Waals surface area contributed by atoms with Gasteiger partial charge in [-0.05, 0) is 32.7 Å². The molecular weight excluding hydrogens is 337 g/mol. The van der Waals surface area contributed by atoms with Gasteiger partial charge < -0.3 is 21.3 Å². The summed E-state index contributed by atoms with van der Waals surface area (Å²) in [6.45, 7) is 2.24. The Morgan fingerprint density at radius 1 is 1.21 bits per heavy atom. The first-order valence-electron chi connectivity index (χ1n) is 6.87. The summed E-state index contributed by atoms with van der Waals surface area (Å²) in [6, 6.07) is -0.851. The molecule has 1 heterocycles. The van der Waals surface area contributed by atoms with Crippen molar-refractivity contribution in [1.82, 2.24) is 5.32 Å². The van der Waals surface area contributed by atoms with Gasteiger partial charge in [0.15, 0.2) is 5.66 Å². The number of hydrogen-bond acceptors (Lipinski definition) is 6. The normalized spacial score (nSPS) is 15.7. The van der Waals surface area contributed by atoms with E-state index >= 15 is 0 Å². The van der Waals surface area contributed by atoms with Gasteiger partial charge in [0.2, 0.25) is 5.91 Å². The summed E-state index contributed by atoms with van der Waals surface area (Å²) in [7, 11) is 0. The predicted molar refractivity (Wildman–Crippen MR) is 74.0 cm³/mol. The largest absolute Gasteiger partial charge is 0.490 e. The fourth-order valence-electron chi connectivity index (χ4n) is 1.46. The van der Waals surface area contributed by atoms with Gasteiger partial charge in [0, 0.05) is 0 Å². The Morgan fingerprint density at radius 3 is 2.04 bits per heavy atom. The van der Waals surface area contributed by atoms with Crippen molar-refractivity contribution in [2.75, 3.05) is 6.54 Å². The third-order valence-corrected chi connectivity index (χ3v) is 2.76. The van der Waals surface area contributed by atoms with Gasteiger partial charge in [0.1, 0.15) is 6.04 Å². The number of aliphatic carboxylic acids is 2. The molecule has 1 atom stereocenters. The smallest absolute Gasteiger partial charge is 0.480 e. The molecule has 1 amide bonds. The molecule has 5 N–H and O–H groups in total. The van der Waals surface area contributed by atoms with Gasteiger partial charge in [-0.25, -0.2) is 9.59 Å². The van der Waals surface area contributed by atoms with Crippen molar-refractivity contribution < 1.29 is 37.8 Å². The van der Waals surface area contributed by atoms with E-state index in [-0.39, 0.29) is 12.3 Å². The molecule has 0 radical (unpaired) electrons. The highest BCUT2D eigenvalue weighted by molar-refractivity contribution is 5.84. The van der Waals surface area contributed by atoms with Crippen LogP contribution in [0.5, 0.6) is 0 Å². The highest BCUT2D eigenvalue weighted by Crippen LogP contribution is 2.30. The van der Waals surface area contributed by atoms with Crippen molar-refractivity contribution in [1.29, 1.82) is 0 Å². The average molecular weight is 356 g/mol. The number of nitrogens with two attached hydrogens (primary N) is 1. The second kappa shape index (κ2) is 9.15. The van der Waals surface area contributed by atoms with Gasteiger partial charge in [-0.2, -0.15) is 23.4 Å². The topological polar surface area (TPSA) is 154 Å². The van der Waals surface area contributed by atoms with E-state index in [0.717, 1.165) is 6.42 Å². The molecule has 1 aliphatic rings. The van der Waals surface area contributed by atoms with E-state index in [0.29, 0.717) is 19.4 Å². The summed E-state index contributed by atoms with van der Waals surface area (Å²) in [5.41, 5.74) is 4.69. The highest BCUT2D eigenvalue weighted by Gasteiger charge is 2.38. The number of unbranched alkanes of at least 4 members (excludes halogenated alkanes) is 1. The summed E-state index contributed by atoms with van der Waals surface area (Å²) in [5, 5.41) is 25.9. The van der Waals surface area contributed by atoms with Crippen LogP contribution in [0, 0.1) is 0 Å². The number of rotatable bonds is 8. The summed E-state index contributed by atoms with van der Waals surface area (Å²) in [5.74, 6) is -4.12. The van der Waals surface area contributed by atoms with E-state index in [1.807, 2.05) is 0 Å². The monoisotopic (exact) mass is 356 g/mol. The fourth-order valence-corrected chi connectivity index (χ4v) is 1.46. The minimum absolute atomic E-state index is 0.105. The molecule has 0 bridgehead atoms. The summed E-state index contributed by atoms with van der Waals surface area (Å²) >= 11 is 0. The Hall–Kier alpha value is -2.24. The van der Waals surface area contributed by atoms with Crippen LogP contribution in [-0.4, -0.2) is 52.5 Å². The Labute approximate surface area is 135 Å². The number of hydrogen-bond donors (Lipinski definition) is 4. The molecular formula is C12H19F3N4O5. The van der Waals surface area contributed by atoms with Crippen LogP contribution < -0.4 is 11.1 Å². The number of carbonyl (C=O) groups excluding carboxylic acids is 1. The molecule has 138 valence electrons. The molecule has 0 aliphatic carbocycles. The van der Waals surface area contributed by atoms with E-state index in [4.69, 9.17) is 20.7 Å². The number of carboxylic acids is 2. The number of nitrogens with one attached hydrogen (secondary N) is 1. The molecule has 0 aromatic rings. The Kier molecular flexibility index (Phi) is 8.30. The van der Waals surface area contributed by atoms with Gasteiger partial charge in [0.05, 0.1) is 6.42 Å². The third-order valence-electron chi connectivity index (χ3n) is 2.76. The molecule has 0 saturated heterocycles. The first kappa shape index (κ1) is 21.8. The van der Waals surface area contributed by atoms with Crippen molar-refractivity contribution in [3.05, 3.63) is 0 Å². The fraction of sp³-hybridized carbons (Fsp3) is 0.750. The van der Waals surface area contributed by atoms with Gasteiger partial charge >= 0.3 is 18.1 Å². The van der Waals surface area contributed by atoms with Crippen LogP contribution in [-0.2, 0) is 14.4 Å². The van der Waals surface area contributed by atoms with E-state index in [1.165, 1.54) is 0 Å². The Bertz CT molecular complexity index is 490. The lowest BCUT2D eigenvalue weighted by atomic mass is 10.1. The van der Waals surface area contributed by atoms with E-state index in [9.17, 15) is 22.8 Å². The van der Waals surface area contributed by atoms with Crippen molar-refractivity contribution in [3.63, 3.8) is 0 Å². The summed E-state index contributed by atoms with van der Waals surface area (Å²) in [6.07, 6.45) is -3.15. The zero-order valence-corrected chi connectivity index (χ0v) is 12.8. The second-order valence-corrected chi connectivity index (χ2v) is 5.14.